The van der Waals surface area contributed by atoms with Gasteiger partial charge in [-0.15, -0.1) is 6.42 Å². The Kier molecular flexibility index (Phi) is 9.88. The average molecular weight is 844 g/mol. The van der Waals surface area contributed by atoms with E-state index in [0.29, 0.717) is 25.8 Å². The molecule has 318 valence electrons. The Labute approximate surface area is 347 Å². The van der Waals surface area contributed by atoms with Crippen molar-refractivity contribution in [3.8, 4) is 35.2 Å². The summed E-state index contributed by atoms with van der Waals surface area (Å²) in [7, 11) is 0. The van der Waals surface area contributed by atoms with Crippen molar-refractivity contribution in [3.05, 3.63) is 71.1 Å². The van der Waals surface area contributed by atoms with Gasteiger partial charge in [-0.1, -0.05) is 32.4 Å². The number of nitrogens with zero attached hydrogens (tertiary/aromatic N) is 5. The molecule has 61 heavy (non-hydrogen) atoms. The zero-order valence-corrected chi connectivity index (χ0v) is 33.7. The monoisotopic (exact) mass is 843 g/mol. The van der Waals surface area contributed by atoms with Gasteiger partial charge in [0.25, 0.3) is 6.08 Å². The number of benzene rings is 3. The first kappa shape index (κ1) is 40.5. The van der Waals surface area contributed by atoms with Gasteiger partial charge in [-0.05, 0) is 74.2 Å². The maximum absolute atomic E-state index is 17.6. The van der Waals surface area contributed by atoms with Gasteiger partial charge in [0.15, 0.2) is 5.82 Å². The number of phenolic OH excluding ortho intramolecular Hbond substituents is 1. The van der Waals surface area contributed by atoms with Crippen molar-refractivity contribution >= 4 is 45.1 Å². The molecule has 2 bridgehead atoms. The average Bonchev–Trinajstić information content (AvgIpc) is 3.85. The number of amides is 1. The molecule has 3 aromatic carbocycles. The highest BCUT2D eigenvalue weighted by atomic mass is 19.3. The van der Waals surface area contributed by atoms with E-state index in [1.165, 1.54) is 19.1 Å². The Morgan fingerprint density at radius 1 is 1.05 bits per heavy atom. The van der Waals surface area contributed by atoms with Gasteiger partial charge in [0.2, 0.25) is 6.29 Å². The minimum Gasteiger partial charge on any atom is -0.508 e. The second kappa shape index (κ2) is 14.9. The van der Waals surface area contributed by atoms with Crippen molar-refractivity contribution in [1.29, 1.82) is 0 Å². The number of piperazine rings is 1. The number of anilines is 1. The molecule has 5 aliphatic rings. The normalized spacial score (nSPS) is 23.6. The predicted molar refractivity (Wildman–Crippen MR) is 215 cm³/mol. The first-order chi connectivity index (χ1) is 29.1. The molecule has 4 fully saturated rings. The summed E-state index contributed by atoms with van der Waals surface area (Å²) in [5, 5.41) is 11.0. The summed E-state index contributed by atoms with van der Waals surface area (Å²) in [6.45, 7) is 9.78. The van der Waals surface area contributed by atoms with E-state index in [1.807, 2.05) is 9.80 Å². The number of esters is 1. The number of carbonyl (C=O) groups is 2. The summed E-state index contributed by atoms with van der Waals surface area (Å²) >= 11 is 0. The van der Waals surface area contributed by atoms with Crippen LogP contribution in [-0.2, 0) is 14.3 Å². The van der Waals surface area contributed by atoms with Crippen LogP contribution in [0.3, 0.4) is 0 Å². The van der Waals surface area contributed by atoms with Gasteiger partial charge in [-0.3, -0.25) is 14.6 Å². The molecular weight excluding hydrogens is 802 g/mol. The predicted octanol–water partition coefficient (Wildman–Crippen LogP) is 8.44. The molecule has 1 amide bonds. The number of aromatic hydroxyl groups is 1. The van der Waals surface area contributed by atoms with E-state index < -0.39 is 77.0 Å². The topological polar surface area (TPSA) is 118 Å². The zero-order valence-electron chi connectivity index (χ0n) is 33.7. The number of hydrogen-bond acceptors (Lipinski definition) is 10. The van der Waals surface area contributed by atoms with E-state index in [4.69, 9.17) is 25.6 Å². The minimum atomic E-state index is -1.73. The minimum absolute atomic E-state index is 0.0118. The van der Waals surface area contributed by atoms with E-state index in [1.54, 1.807) is 18.7 Å². The maximum atomic E-state index is 17.6. The van der Waals surface area contributed by atoms with Crippen LogP contribution in [-0.4, -0.2) is 93.1 Å². The van der Waals surface area contributed by atoms with Crippen LogP contribution in [0.5, 0.6) is 11.8 Å². The van der Waals surface area contributed by atoms with Crippen LogP contribution in [0.2, 0.25) is 0 Å². The standard InChI is InChI=1S/C45H42F5N5O6/c1-6-28-30(46)10-8-24-15-27(56)16-29(34(24)28)35-37(47)33-22(4)14-32-31-11-9-26(55(31)44(58)61-23(5)60-42(57)21(2)3)19-54(32)41-36(33)39(38(35)48)51-43(52-41)59-20-45-12-7-13-53(45)18-25(17-45)40(49)50/h1,8,10,15-16,21,23,26,31-32,56H,4,7,9,11-14,17-20H2,2-3,5H3/t23?,26-,31+,32-,45+/m1/s1. The number of carbonyl (C=O) groups excluding carboxylic acids is 2. The molecule has 16 heteroatoms. The van der Waals surface area contributed by atoms with Crippen LogP contribution in [0.15, 0.2) is 42.5 Å². The number of fused-ring (bicyclic) bond motifs is 7. The van der Waals surface area contributed by atoms with Crippen molar-refractivity contribution in [2.45, 2.75) is 89.3 Å². The molecule has 5 aliphatic heterocycles. The molecule has 1 N–H and O–H groups in total. The molecule has 6 heterocycles. The van der Waals surface area contributed by atoms with E-state index in [2.05, 4.69) is 17.5 Å². The Hall–Kier alpha value is -5.95. The van der Waals surface area contributed by atoms with Crippen molar-refractivity contribution < 1.29 is 50.9 Å². The van der Waals surface area contributed by atoms with E-state index in [0.717, 1.165) is 18.6 Å². The molecule has 5 atom stereocenters. The van der Waals surface area contributed by atoms with Crippen molar-refractivity contribution in [3.63, 3.8) is 0 Å². The molecule has 0 saturated carbocycles. The fourth-order valence-electron chi connectivity index (χ4n) is 10.2. The van der Waals surface area contributed by atoms with Crippen LogP contribution >= 0.6 is 0 Å². The Balaban J connectivity index is 1.20. The number of ether oxygens (including phenoxy) is 3. The highest BCUT2D eigenvalue weighted by Crippen LogP contribution is 2.51. The lowest BCUT2D eigenvalue weighted by Crippen LogP contribution is -2.61. The van der Waals surface area contributed by atoms with Crippen LogP contribution in [0, 0.1) is 35.7 Å². The summed E-state index contributed by atoms with van der Waals surface area (Å²) in [4.78, 5) is 40.9. The highest BCUT2D eigenvalue weighted by Gasteiger charge is 2.52. The lowest BCUT2D eigenvalue weighted by molar-refractivity contribution is -0.170. The fourth-order valence-corrected chi connectivity index (χ4v) is 10.2. The van der Waals surface area contributed by atoms with Crippen molar-refractivity contribution in [2.75, 3.05) is 31.1 Å². The quantitative estimate of drug-likeness (QED) is 0.0841. The van der Waals surface area contributed by atoms with E-state index >= 15 is 13.2 Å². The molecule has 1 unspecified atom stereocenters. The number of rotatable bonds is 7. The molecule has 1 aromatic heterocycles. The van der Waals surface area contributed by atoms with Crippen LogP contribution < -0.4 is 9.64 Å². The lowest BCUT2D eigenvalue weighted by Gasteiger charge is -2.46. The van der Waals surface area contributed by atoms with Gasteiger partial charge in [0.05, 0.1) is 46.1 Å². The molecule has 9 rings (SSSR count). The lowest BCUT2D eigenvalue weighted by atomic mass is 9.88. The third-order valence-corrected chi connectivity index (χ3v) is 13.0. The first-order valence-electron chi connectivity index (χ1n) is 20.3. The molecular formula is C45H42F5N5O6. The van der Waals surface area contributed by atoms with Gasteiger partial charge in [-0.25, -0.2) is 18.0 Å². The third-order valence-electron chi connectivity index (χ3n) is 13.0. The van der Waals surface area contributed by atoms with Gasteiger partial charge in [0.1, 0.15) is 35.3 Å². The Morgan fingerprint density at radius 2 is 1.84 bits per heavy atom. The molecule has 4 aromatic rings. The zero-order chi connectivity index (χ0) is 43.2. The van der Waals surface area contributed by atoms with Crippen molar-refractivity contribution in [1.82, 2.24) is 19.8 Å². The summed E-state index contributed by atoms with van der Waals surface area (Å²) in [5.41, 5.74) is -2.17. The Morgan fingerprint density at radius 3 is 2.57 bits per heavy atom. The highest BCUT2D eigenvalue weighted by molar-refractivity contribution is 6.08. The van der Waals surface area contributed by atoms with E-state index in [-0.39, 0.29) is 99.6 Å². The maximum Gasteiger partial charge on any atom is 0.413 e. The first-order valence-corrected chi connectivity index (χ1v) is 20.3. The smallest absolute Gasteiger partial charge is 0.413 e. The SMILES string of the molecule is C#Cc1c(F)ccc2cc(O)cc(-c3c(F)c4c5c(nc(OC[C@@]67CCCN6CC(=C(F)F)C7)nc5c3F)N3C[C@H]5CC[C@@H]([C@H]3CC4=C)N5C(=O)OC(C)OC(=O)C(C)C)c12. The second-order valence-corrected chi connectivity index (χ2v) is 16.9. The summed E-state index contributed by atoms with van der Waals surface area (Å²) in [6.07, 6.45) is 4.66. The van der Waals surface area contributed by atoms with Gasteiger partial charge in [-0.2, -0.15) is 18.7 Å². The summed E-state index contributed by atoms with van der Waals surface area (Å²) in [6, 6.07) is 2.99. The van der Waals surface area contributed by atoms with Crippen LogP contribution in [0.4, 0.5) is 32.6 Å². The molecule has 0 spiro atoms. The van der Waals surface area contributed by atoms with E-state index in [9.17, 15) is 23.5 Å². The molecule has 4 saturated heterocycles. The van der Waals surface area contributed by atoms with Gasteiger partial charge in [0, 0.05) is 42.1 Å². The summed E-state index contributed by atoms with van der Waals surface area (Å²) < 4.78 is 95.4. The van der Waals surface area contributed by atoms with Gasteiger partial charge < -0.3 is 24.2 Å². The number of phenols is 1. The second-order valence-electron chi connectivity index (χ2n) is 16.9. The summed E-state index contributed by atoms with van der Waals surface area (Å²) in [5.74, 6) is -2.00. The largest absolute Gasteiger partial charge is 0.508 e. The molecule has 11 nitrogen and oxygen atoms in total. The number of terminal acetylenes is 1. The third kappa shape index (κ3) is 6.50. The van der Waals surface area contributed by atoms with Crippen molar-refractivity contribution in [2.24, 2.45) is 5.92 Å². The van der Waals surface area contributed by atoms with Crippen LogP contribution in [0.25, 0.3) is 38.4 Å². The fraction of sp³-hybridized carbons (Fsp3) is 0.422. The van der Waals surface area contributed by atoms with Gasteiger partial charge >= 0.3 is 18.1 Å². The number of halogens is 5. The van der Waals surface area contributed by atoms with Crippen LogP contribution in [0.1, 0.15) is 70.4 Å². The number of aromatic nitrogens is 2. The molecule has 0 aliphatic carbocycles. The molecule has 0 radical (unpaired) electrons. The number of hydrogen-bond donors (Lipinski definition) is 1. The Bertz CT molecular complexity index is 2640.